The molecule has 1 aromatic heterocycles. The van der Waals surface area contributed by atoms with Gasteiger partial charge in [-0.3, -0.25) is 4.79 Å². The van der Waals surface area contributed by atoms with Gasteiger partial charge in [-0.25, -0.2) is 15.0 Å². The molecule has 0 saturated carbocycles. The highest BCUT2D eigenvalue weighted by Crippen LogP contribution is 2.40. The monoisotopic (exact) mass is 443 g/mol. The molecule has 1 heterocycles. The number of aromatic nitrogens is 3. The number of allylic oxidation sites excluding steroid dienone is 1. The van der Waals surface area contributed by atoms with Gasteiger partial charge < -0.3 is 0 Å². The molecule has 10 heteroatoms. The van der Waals surface area contributed by atoms with Gasteiger partial charge in [-0.15, -0.1) is 0 Å². The molecular formula is C14H7Cl6N3O. The molecule has 0 aliphatic heterocycles. The molecule has 24 heavy (non-hydrogen) atoms. The number of rotatable bonds is 3. The van der Waals surface area contributed by atoms with Crippen LogP contribution in [0.5, 0.6) is 0 Å². The van der Waals surface area contributed by atoms with Crippen LogP contribution in [0.15, 0.2) is 30.3 Å². The van der Waals surface area contributed by atoms with E-state index in [4.69, 9.17) is 69.6 Å². The van der Waals surface area contributed by atoms with Crippen molar-refractivity contribution in [2.75, 3.05) is 0 Å². The first-order valence-corrected chi connectivity index (χ1v) is 8.51. The molecule has 0 bridgehead atoms. The Kier molecular flexibility index (Phi) is 6.35. The lowest BCUT2D eigenvalue weighted by molar-refractivity contribution is -0.104. The summed E-state index contributed by atoms with van der Waals surface area (Å²) in [7, 11) is 0. The van der Waals surface area contributed by atoms with Crippen molar-refractivity contribution >= 4 is 82.0 Å². The Morgan fingerprint density at radius 2 is 1.46 bits per heavy atom. The third kappa shape index (κ3) is 5.19. The van der Waals surface area contributed by atoms with Crippen molar-refractivity contribution in [3.05, 3.63) is 47.6 Å². The van der Waals surface area contributed by atoms with E-state index in [1.54, 1.807) is 30.3 Å². The number of carbonyl (C=O) groups is 1. The molecule has 0 saturated heterocycles. The Bertz CT molecular complexity index is 751. The molecule has 0 amide bonds. The van der Waals surface area contributed by atoms with E-state index >= 15 is 0 Å². The molecular weight excluding hydrogens is 439 g/mol. The maximum absolute atomic E-state index is 10.4. The molecule has 126 valence electrons. The van der Waals surface area contributed by atoms with Gasteiger partial charge in [-0.1, -0.05) is 93.9 Å². The van der Waals surface area contributed by atoms with Gasteiger partial charge in [0, 0.05) is 5.56 Å². The van der Waals surface area contributed by atoms with Gasteiger partial charge in [0.15, 0.2) is 17.5 Å². The smallest absolute Gasteiger partial charge is 0.250 e. The van der Waals surface area contributed by atoms with Crippen LogP contribution >= 0.6 is 69.6 Å². The van der Waals surface area contributed by atoms with Gasteiger partial charge >= 0.3 is 0 Å². The number of hydrogen-bond donors (Lipinski definition) is 0. The van der Waals surface area contributed by atoms with Crippen LogP contribution in [0.3, 0.4) is 0 Å². The van der Waals surface area contributed by atoms with E-state index < -0.39 is 7.59 Å². The quantitative estimate of drug-likeness (QED) is 0.360. The summed E-state index contributed by atoms with van der Waals surface area (Å²) in [4.78, 5) is 22.6. The lowest BCUT2D eigenvalue weighted by Gasteiger charge is -2.15. The summed E-state index contributed by atoms with van der Waals surface area (Å²) in [6.45, 7) is 0. The first kappa shape index (κ1) is 19.7. The van der Waals surface area contributed by atoms with Crippen LogP contribution in [0.25, 0.3) is 17.5 Å². The van der Waals surface area contributed by atoms with E-state index in [9.17, 15) is 4.79 Å². The molecule has 0 atom stereocenters. The maximum atomic E-state index is 10.4. The van der Waals surface area contributed by atoms with Crippen LogP contribution in [0, 0.1) is 0 Å². The molecule has 0 unspecified atom stereocenters. The van der Waals surface area contributed by atoms with Crippen LogP contribution in [0.2, 0.25) is 0 Å². The number of carbonyl (C=O) groups excluding carboxylic acids is 1. The lowest BCUT2D eigenvalue weighted by atomic mass is 10.1. The van der Waals surface area contributed by atoms with Crippen LogP contribution in [-0.4, -0.2) is 21.2 Å². The van der Waals surface area contributed by atoms with Gasteiger partial charge in [-0.2, -0.15) is 0 Å². The zero-order valence-corrected chi connectivity index (χ0v) is 16.1. The molecule has 2 rings (SSSR count). The topological polar surface area (TPSA) is 55.7 Å². The molecule has 0 spiro atoms. The summed E-state index contributed by atoms with van der Waals surface area (Å²) in [5, 5.41) is 0. The summed E-state index contributed by atoms with van der Waals surface area (Å²) in [5.74, 6) is -0.186. The van der Waals surface area contributed by atoms with Crippen molar-refractivity contribution in [1.29, 1.82) is 0 Å². The molecule has 0 aliphatic carbocycles. The first-order valence-electron chi connectivity index (χ1n) is 6.24. The van der Waals surface area contributed by atoms with Gasteiger partial charge in [0.1, 0.15) is 6.29 Å². The van der Waals surface area contributed by atoms with Gasteiger partial charge in [0.25, 0.3) is 0 Å². The van der Waals surface area contributed by atoms with Crippen LogP contribution in [0.4, 0.5) is 0 Å². The van der Waals surface area contributed by atoms with E-state index in [1.807, 2.05) is 0 Å². The Hall–Kier alpha value is -0.620. The summed E-state index contributed by atoms with van der Waals surface area (Å²) < 4.78 is -3.84. The Labute approximate surface area is 167 Å². The van der Waals surface area contributed by atoms with E-state index in [1.165, 1.54) is 6.08 Å². The Balaban J connectivity index is 2.61. The van der Waals surface area contributed by atoms with E-state index in [0.29, 0.717) is 11.8 Å². The largest absolute Gasteiger partial charge is 0.299 e. The highest BCUT2D eigenvalue weighted by molar-refractivity contribution is 6.67. The Morgan fingerprint density at radius 3 is 1.96 bits per heavy atom. The number of benzene rings is 1. The average Bonchev–Trinajstić information content (AvgIpc) is 2.51. The van der Waals surface area contributed by atoms with Gasteiger partial charge in [0.2, 0.25) is 7.59 Å². The molecule has 0 radical (unpaired) electrons. The standard InChI is InChI=1S/C14H7Cl6N3O/c15-13(16,17)11-21-10(22-12(23-11)14(18,19)20)9-5-1-3-8(7-9)4-2-6-24/h1-7H/b4-2+. The van der Waals surface area contributed by atoms with Crippen molar-refractivity contribution in [3.63, 3.8) is 0 Å². The van der Waals surface area contributed by atoms with Crippen molar-refractivity contribution < 1.29 is 4.79 Å². The molecule has 0 fully saturated rings. The normalized spacial score (nSPS) is 12.6. The molecule has 2 aromatic rings. The predicted octanol–water partition coefficient (Wildman–Crippen LogP) is 5.40. The maximum Gasteiger partial charge on any atom is 0.250 e. The third-order valence-corrected chi connectivity index (χ3v) is 3.67. The number of aldehydes is 1. The number of nitrogens with zero attached hydrogens (tertiary/aromatic N) is 3. The van der Waals surface area contributed by atoms with E-state index in [-0.39, 0.29) is 17.5 Å². The van der Waals surface area contributed by atoms with Crippen LogP contribution < -0.4 is 0 Å². The fourth-order valence-corrected chi connectivity index (χ4v) is 2.20. The predicted molar refractivity (Wildman–Crippen MR) is 98.8 cm³/mol. The van der Waals surface area contributed by atoms with Crippen LogP contribution in [0.1, 0.15) is 17.2 Å². The molecule has 0 N–H and O–H groups in total. The number of alkyl halides is 6. The van der Waals surface area contributed by atoms with Gasteiger partial charge in [0.05, 0.1) is 0 Å². The van der Waals surface area contributed by atoms with Crippen LogP contribution in [-0.2, 0) is 12.4 Å². The minimum atomic E-state index is -1.92. The highest BCUT2D eigenvalue weighted by Gasteiger charge is 2.33. The molecule has 4 nitrogen and oxygen atoms in total. The van der Waals surface area contributed by atoms with Crippen molar-refractivity contribution in [2.45, 2.75) is 7.59 Å². The second kappa shape index (κ2) is 7.73. The highest BCUT2D eigenvalue weighted by atomic mass is 35.6. The average molecular weight is 446 g/mol. The third-order valence-electron chi connectivity index (χ3n) is 2.65. The summed E-state index contributed by atoms with van der Waals surface area (Å²) >= 11 is 35.0. The molecule has 1 aromatic carbocycles. The fraction of sp³-hybridized carbons (Fsp3) is 0.143. The summed E-state index contributed by atoms with van der Waals surface area (Å²) in [6.07, 6.45) is 3.63. The minimum absolute atomic E-state index is 0.161. The Morgan fingerprint density at radius 1 is 0.875 bits per heavy atom. The fourth-order valence-electron chi connectivity index (χ4n) is 1.69. The summed E-state index contributed by atoms with van der Waals surface area (Å²) in [6, 6.07) is 6.97. The first-order chi connectivity index (χ1) is 11.1. The second-order valence-electron chi connectivity index (χ2n) is 4.42. The summed E-state index contributed by atoms with van der Waals surface area (Å²) in [5.41, 5.74) is 1.31. The van der Waals surface area contributed by atoms with E-state index in [0.717, 1.165) is 5.56 Å². The SMILES string of the molecule is O=C/C=C/c1cccc(-c2nc(C(Cl)(Cl)Cl)nc(C(Cl)(Cl)Cl)n2)c1. The van der Waals surface area contributed by atoms with E-state index in [2.05, 4.69) is 15.0 Å². The van der Waals surface area contributed by atoms with Crippen molar-refractivity contribution in [1.82, 2.24) is 15.0 Å². The van der Waals surface area contributed by atoms with Crippen molar-refractivity contribution in [3.8, 4) is 11.4 Å². The zero-order valence-electron chi connectivity index (χ0n) is 11.6. The van der Waals surface area contributed by atoms with Crippen molar-refractivity contribution in [2.24, 2.45) is 0 Å². The second-order valence-corrected chi connectivity index (χ2v) is 8.98. The zero-order chi connectivity index (χ0) is 18.0. The minimum Gasteiger partial charge on any atom is -0.299 e. The van der Waals surface area contributed by atoms with Gasteiger partial charge in [-0.05, 0) is 17.7 Å². The molecule has 0 aliphatic rings. The number of hydrogen-bond acceptors (Lipinski definition) is 4. The lowest BCUT2D eigenvalue weighted by Crippen LogP contribution is -2.16. The number of halogens is 6.